The Labute approximate surface area is 171 Å². The highest BCUT2D eigenvalue weighted by atomic mass is 35.5. The van der Waals surface area contributed by atoms with Crippen molar-refractivity contribution in [1.82, 2.24) is 14.5 Å². The molecule has 150 valence electrons. The van der Waals surface area contributed by atoms with Crippen LogP contribution in [0.4, 0.5) is 0 Å². The molecule has 3 aromatic rings. The Morgan fingerprint density at radius 1 is 1.21 bits per heavy atom. The van der Waals surface area contributed by atoms with E-state index >= 15 is 0 Å². The second-order valence-corrected chi connectivity index (χ2v) is 7.52. The molecule has 8 heteroatoms. The average molecular weight is 414 g/mol. The quantitative estimate of drug-likeness (QED) is 0.697. The molecule has 1 amide bonds. The molecule has 1 N–H and O–H groups in total. The number of carbonyl (C=O) groups excluding carboxylic acids is 1. The molecule has 0 spiro atoms. The van der Waals surface area contributed by atoms with Crippen LogP contribution in [0.15, 0.2) is 52.1 Å². The molecular formula is C21H20ClN3O4. The number of aromatic nitrogens is 2. The number of ether oxygens (including phenoxy) is 1. The van der Waals surface area contributed by atoms with Crippen LogP contribution in [0.25, 0.3) is 16.6 Å². The lowest BCUT2D eigenvalue weighted by Gasteiger charge is -2.20. The van der Waals surface area contributed by atoms with E-state index in [4.69, 9.17) is 16.3 Å². The van der Waals surface area contributed by atoms with Gasteiger partial charge in [0.2, 0.25) is 5.91 Å². The zero-order valence-electron chi connectivity index (χ0n) is 16.0. The minimum absolute atomic E-state index is 0.149. The fourth-order valence-corrected chi connectivity index (χ4v) is 3.54. The Hall–Kier alpha value is -3.06. The summed E-state index contributed by atoms with van der Waals surface area (Å²) in [5.74, 6) is 0.0998. The summed E-state index contributed by atoms with van der Waals surface area (Å²) >= 11 is 6.13. The van der Waals surface area contributed by atoms with E-state index in [1.165, 1.54) is 17.7 Å². The van der Waals surface area contributed by atoms with Crippen LogP contribution < -0.4 is 21.3 Å². The van der Waals surface area contributed by atoms with Crippen molar-refractivity contribution < 1.29 is 9.53 Å². The van der Waals surface area contributed by atoms with E-state index in [-0.39, 0.29) is 17.3 Å². The highest BCUT2D eigenvalue weighted by Crippen LogP contribution is 2.24. The average Bonchev–Trinajstić information content (AvgIpc) is 3.52. The van der Waals surface area contributed by atoms with Crippen molar-refractivity contribution in [2.24, 2.45) is 0 Å². The Morgan fingerprint density at radius 3 is 2.62 bits per heavy atom. The molecule has 1 aromatic heterocycles. The highest BCUT2D eigenvalue weighted by Gasteiger charge is 2.28. The van der Waals surface area contributed by atoms with Gasteiger partial charge in [0, 0.05) is 11.1 Å². The summed E-state index contributed by atoms with van der Waals surface area (Å²) in [6, 6.07) is 10.8. The minimum atomic E-state index is -0.828. The summed E-state index contributed by atoms with van der Waals surface area (Å²) in [6.45, 7) is 1.64. The topological polar surface area (TPSA) is 82.3 Å². The van der Waals surface area contributed by atoms with Gasteiger partial charge in [-0.3, -0.25) is 14.2 Å². The molecule has 1 heterocycles. The number of halogens is 1. The first-order valence-corrected chi connectivity index (χ1v) is 9.70. The maximum absolute atomic E-state index is 13.5. The lowest BCUT2D eigenvalue weighted by Crippen LogP contribution is -2.44. The largest absolute Gasteiger partial charge is 0.495 e. The summed E-state index contributed by atoms with van der Waals surface area (Å²) in [5, 5.41) is 3.56. The molecule has 4 rings (SSSR count). The number of amides is 1. The molecule has 1 aliphatic carbocycles. The van der Waals surface area contributed by atoms with E-state index in [1.807, 2.05) is 0 Å². The van der Waals surface area contributed by atoms with Gasteiger partial charge in [0.25, 0.3) is 5.56 Å². The van der Waals surface area contributed by atoms with Crippen molar-refractivity contribution in [2.75, 3.05) is 7.11 Å². The van der Waals surface area contributed by atoms with Crippen LogP contribution in [0.1, 0.15) is 25.8 Å². The van der Waals surface area contributed by atoms with Crippen LogP contribution in [0.2, 0.25) is 5.02 Å². The third kappa shape index (κ3) is 3.42. The zero-order valence-corrected chi connectivity index (χ0v) is 16.8. The maximum Gasteiger partial charge on any atom is 0.337 e. The lowest BCUT2D eigenvalue weighted by molar-refractivity contribution is -0.124. The van der Waals surface area contributed by atoms with Gasteiger partial charge in [-0.2, -0.15) is 0 Å². The van der Waals surface area contributed by atoms with Gasteiger partial charge in [-0.15, -0.1) is 0 Å². The van der Waals surface area contributed by atoms with Gasteiger partial charge in [0.05, 0.1) is 23.7 Å². The van der Waals surface area contributed by atoms with E-state index in [1.54, 1.807) is 43.3 Å². The van der Waals surface area contributed by atoms with Crippen LogP contribution in [0.3, 0.4) is 0 Å². The Bertz CT molecular complexity index is 1230. The Morgan fingerprint density at radius 2 is 1.93 bits per heavy atom. The first-order valence-electron chi connectivity index (χ1n) is 9.33. The normalized spacial score (nSPS) is 14.6. The number of para-hydroxylation sites is 2. The SMILES string of the molecule is COc1ccccc1-n1c(=O)c2ccc(Cl)cc2n(C(C)C(=O)NC2CC2)c1=O. The van der Waals surface area contributed by atoms with Gasteiger partial charge >= 0.3 is 5.69 Å². The number of carbonyl (C=O) groups is 1. The van der Waals surface area contributed by atoms with Crippen molar-refractivity contribution >= 4 is 28.4 Å². The first-order chi connectivity index (χ1) is 13.9. The van der Waals surface area contributed by atoms with E-state index in [2.05, 4.69) is 5.32 Å². The number of fused-ring (bicyclic) bond motifs is 1. The molecule has 1 atom stereocenters. The second kappa shape index (κ2) is 7.40. The van der Waals surface area contributed by atoms with Gasteiger partial charge in [-0.25, -0.2) is 9.36 Å². The summed E-state index contributed by atoms with van der Waals surface area (Å²) in [6.07, 6.45) is 1.86. The van der Waals surface area contributed by atoms with Gasteiger partial charge in [-0.1, -0.05) is 23.7 Å². The summed E-state index contributed by atoms with van der Waals surface area (Å²) < 4.78 is 7.69. The molecule has 0 aliphatic heterocycles. The number of nitrogens with zero attached hydrogens (tertiary/aromatic N) is 2. The molecule has 0 radical (unpaired) electrons. The number of benzene rings is 2. The molecule has 29 heavy (non-hydrogen) atoms. The third-order valence-corrected chi connectivity index (χ3v) is 5.30. The van der Waals surface area contributed by atoms with Crippen LogP contribution >= 0.6 is 11.6 Å². The van der Waals surface area contributed by atoms with Crippen LogP contribution in [0, 0.1) is 0 Å². The maximum atomic E-state index is 13.5. The number of nitrogens with one attached hydrogen (secondary N) is 1. The second-order valence-electron chi connectivity index (χ2n) is 7.09. The fourth-order valence-electron chi connectivity index (χ4n) is 3.37. The first kappa shape index (κ1) is 19.3. The summed E-state index contributed by atoms with van der Waals surface area (Å²) in [7, 11) is 1.47. The number of methoxy groups -OCH3 is 1. The highest BCUT2D eigenvalue weighted by molar-refractivity contribution is 6.31. The van der Waals surface area contributed by atoms with Gasteiger partial charge < -0.3 is 10.1 Å². The zero-order chi connectivity index (χ0) is 20.7. The molecule has 1 aliphatic rings. The molecule has 1 unspecified atom stereocenters. The monoisotopic (exact) mass is 413 g/mol. The smallest absolute Gasteiger partial charge is 0.337 e. The van der Waals surface area contributed by atoms with E-state index in [9.17, 15) is 14.4 Å². The minimum Gasteiger partial charge on any atom is -0.495 e. The molecule has 0 bridgehead atoms. The van der Waals surface area contributed by atoms with Crippen LogP contribution in [-0.4, -0.2) is 28.2 Å². The Kier molecular flexibility index (Phi) is 4.92. The molecule has 1 fully saturated rings. The van der Waals surface area contributed by atoms with Gasteiger partial charge in [0.15, 0.2) is 0 Å². The molecule has 1 saturated carbocycles. The number of hydrogen-bond acceptors (Lipinski definition) is 4. The standard InChI is InChI=1S/C21H20ClN3O4/c1-12(19(26)23-14-8-9-14)24-17-11-13(22)7-10-15(17)20(27)25(21(24)28)16-5-3-4-6-18(16)29-2/h3-7,10-12,14H,8-9H2,1-2H3,(H,23,26). The summed E-state index contributed by atoms with van der Waals surface area (Å²) in [5.41, 5.74) is -0.507. The van der Waals surface area contributed by atoms with Gasteiger partial charge in [0.1, 0.15) is 11.8 Å². The lowest BCUT2D eigenvalue weighted by atomic mass is 10.2. The van der Waals surface area contributed by atoms with Gasteiger partial charge in [-0.05, 0) is 50.1 Å². The third-order valence-electron chi connectivity index (χ3n) is 5.07. The van der Waals surface area contributed by atoms with Crippen molar-refractivity contribution in [1.29, 1.82) is 0 Å². The predicted octanol–water partition coefficient (Wildman–Crippen LogP) is 2.65. The van der Waals surface area contributed by atoms with E-state index in [0.29, 0.717) is 22.0 Å². The molecule has 7 nitrogen and oxygen atoms in total. The molecule has 0 saturated heterocycles. The van der Waals surface area contributed by atoms with Crippen LogP contribution in [-0.2, 0) is 4.79 Å². The van der Waals surface area contributed by atoms with Crippen molar-refractivity contribution in [3.63, 3.8) is 0 Å². The van der Waals surface area contributed by atoms with E-state index in [0.717, 1.165) is 17.4 Å². The van der Waals surface area contributed by atoms with Crippen molar-refractivity contribution in [2.45, 2.75) is 31.8 Å². The predicted molar refractivity (Wildman–Crippen MR) is 111 cm³/mol. The van der Waals surface area contributed by atoms with Crippen molar-refractivity contribution in [3.8, 4) is 11.4 Å². The summed E-state index contributed by atoms with van der Waals surface area (Å²) in [4.78, 5) is 39.4. The van der Waals surface area contributed by atoms with E-state index < -0.39 is 17.3 Å². The number of rotatable bonds is 5. The van der Waals surface area contributed by atoms with Crippen LogP contribution in [0.5, 0.6) is 5.75 Å². The number of hydrogen-bond donors (Lipinski definition) is 1. The Balaban J connectivity index is 2.03. The molecular weight excluding hydrogens is 394 g/mol. The molecule has 2 aromatic carbocycles. The van der Waals surface area contributed by atoms with Crippen molar-refractivity contribution in [3.05, 3.63) is 68.3 Å². The fraction of sp³-hybridized carbons (Fsp3) is 0.286.